The highest BCUT2D eigenvalue weighted by Gasteiger charge is 2.37. The molecule has 44 heavy (non-hydrogen) atoms. The van der Waals surface area contributed by atoms with Crippen molar-refractivity contribution in [1.82, 2.24) is 10.3 Å². The normalized spacial score (nSPS) is 13.0. The summed E-state index contributed by atoms with van der Waals surface area (Å²) in [5.41, 5.74) is 0.692. The minimum Gasteiger partial charge on any atom is -0.431 e. The molecule has 0 radical (unpaired) electrons. The molecule has 2 atom stereocenters. The van der Waals surface area contributed by atoms with Gasteiger partial charge in [0, 0.05) is 46.3 Å². The number of esters is 1. The zero-order valence-corrected chi connectivity index (χ0v) is 25.6. The first kappa shape index (κ1) is 33.0. The maximum Gasteiger partial charge on any atom is 0.416 e. The summed E-state index contributed by atoms with van der Waals surface area (Å²) in [7, 11) is 0. The Bertz CT molecular complexity index is 1650. The number of benzene rings is 3. The van der Waals surface area contributed by atoms with Crippen molar-refractivity contribution in [2.75, 3.05) is 6.54 Å². The SMILES string of the molecule is CCCC(F)OC(=O)CCC(CNC(=O)c1c(C)c(-c2ccccc2)nc2ccc(Br)cc12)c1c(F)cccc1C(F)(F)F. The van der Waals surface area contributed by atoms with Crippen molar-refractivity contribution in [3.05, 3.63) is 99.3 Å². The zero-order valence-electron chi connectivity index (χ0n) is 24.0. The van der Waals surface area contributed by atoms with Crippen LogP contribution < -0.4 is 5.32 Å². The van der Waals surface area contributed by atoms with Crippen LogP contribution in [0, 0.1) is 12.7 Å². The Morgan fingerprint density at radius 2 is 1.75 bits per heavy atom. The number of halogens is 6. The minimum atomic E-state index is -4.90. The van der Waals surface area contributed by atoms with Crippen molar-refractivity contribution < 1.29 is 36.3 Å². The lowest BCUT2D eigenvalue weighted by atomic mass is 9.89. The van der Waals surface area contributed by atoms with E-state index in [1.54, 1.807) is 32.0 Å². The average molecular weight is 678 g/mol. The van der Waals surface area contributed by atoms with Gasteiger partial charge in [-0.2, -0.15) is 13.2 Å². The minimum absolute atomic E-state index is 0.0307. The Labute approximate surface area is 260 Å². The maximum absolute atomic E-state index is 15.1. The fourth-order valence-corrected chi connectivity index (χ4v) is 5.49. The van der Waals surface area contributed by atoms with Crippen molar-refractivity contribution in [1.29, 1.82) is 0 Å². The van der Waals surface area contributed by atoms with Crippen LogP contribution in [0.25, 0.3) is 22.2 Å². The third-order valence-corrected chi connectivity index (χ3v) is 7.71. The van der Waals surface area contributed by atoms with E-state index >= 15 is 4.39 Å². The fourth-order valence-electron chi connectivity index (χ4n) is 5.13. The van der Waals surface area contributed by atoms with Gasteiger partial charge in [-0.1, -0.05) is 59.3 Å². The molecule has 0 bridgehead atoms. The zero-order chi connectivity index (χ0) is 32.0. The third kappa shape index (κ3) is 7.80. The number of carbonyl (C=O) groups is 2. The van der Waals surface area contributed by atoms with E-state index in [2.05, 4.69) is 21.2 Å². The molecule has 0 saturated carbocycles. The van der Waals surface area contributed by atoms with Gasteiger partial charge in [-0.15, -0.1) is 0 Å². The van der Waals surface area contributed by atoms with Crippen molar-refractivity contribution in [3.63, 3.8) is 0 Å². The van der Waals surface area contributed by atoms with E-state index in [0.717, 1.165) is 23.8 Å². The van der Waals surface area contributed by atoms with Gasteiger partial charge in [-0.3, -0.25) is 9.59 Å². The number of hydrogen-bond donors (Lipinski definition) is 1. The van der Waals surface area contributed by atoms with Crippen molar-refractivity contribution in [2.45, 2.75) is 58.0 Å². The van der Waals surface area contributed by atoms with E-state index < -0.39 is 60.2 Å². The molecule has 0 aliphatic heterocycles. The molecule has 1 aromatic heterocycles. The van der Waals surface area contributed by atoms with Gasteiger partial charge in [0.1, 0.15) is 5.82 Å². The first-order chi connectivity index (χ1) is 20.9. The van der Waals surface area contributed by atoms with E-state index in [0.29, 0.717) is 33.1 Å². The summed E-state index contributed by atoms with van der Waals surface area (Å²) in [5, 5.41) is 3.18. The topological polar surface area (TPSA) is 68.3 Å². The number of ether oxygens (including phenoxy) is 1. The van der Waals surface area contributed by atoms with Crippen LogP contribution in [0.1, 0.15) is 65.6 Å². The monoisotopic (exact) mass is 676 g/mol. The second kappa shape index (κ2) is 14.3. The molecule has 1 N–H and O–H groups in total. The molecule has 0 aliphatic rings. The number of carbonyl (C=O) groups excluding carboxylic acids is 2. The smallest absolute Gasteiger partial charge is 0.416 e. The molecule has 1 amide bonds. The lowest BCUT2D eigenvalue weighted by Crippen LogP contribution is -2.31. The summed E-state index contributed by atoms with van der Waals surface area (Å²) < 4.78 is 76.2. The average Bonchev–Trinajstić information content (AvgIpc) is 2.97. The van der Waals surface area contributed by atoms with Gasteiger partial charge >= 0.3 is 12.1 Å². The number of pyridine rings is 1. The van der Waals surface area contributed by atoms with Crippen LogP contribution >= 0.6 is 15.9 Å². The van der Waals surface area contributed by atoms with Gasteiger partial charge in [-0.25, -0.2) is 13.8 Å². The van der Waals surface area contributed by atoms with E-state index in [9.17, 15) is 27.2 Å². The molecule has 11 heteroatoms. The van der Waals surface area contributed by atoms with Gasteiger partial charge in [-0.05, 0) is 55.7 Å². The maximum atomic E-state index is 15.1. The van der Waals surface area contributed by atoms with Crippen LogP contribution in [0.2, 0.25) is 0 Å². The lowest BCUT2D eigenvalue weighted by molar-refractivity contribution is -0.158. The molecule has 0 spiro atoms. The molecule has 4 aromatic rings. The number of nitrogens with one attached hydrogen (secondary N) is 1. The van der Waals surface area contributed by atoms with Crippen molar-refractivity contribution >= 4 is 38.7 Å². The second-order valence-corrected chi connectivity index (χ2v) is 11.2. The van der Waals surface area contributed by atoms with Crippen LogP contribution in [0.15, 0.2) is 71.2 Å². The van der Waals surface area contributed by atoms with Crippen LogP contribution in [-0.2, 0) is 15.7 Å². The van der Waals surface area contributed by atoms with Gasteiger partial charge in [0.15, 0.2) is 0 Å². The highest BCUT2D eigenvalue weighted by Crippen LogP contribution is 2.38. The predicted octanol–water partition coefficient (Wildman–Crippen LogP) is 9.06. The number of amides is 1. The standard InChI is InChI=1S/C33H30BrF5N2O3/c1-3-8-27(36)44-28(42)16-13-21(30-24(33(37,38)39)11-7-12-25(30)35)18-40-32(43)29-19(2)31(20-9-5-4-6-10-20)41-26-15-14-22(34)17-23(26)29/h4-7,9-12,14-15,17,21,27H,3,8,13,16,18H2,1-2H3,(H,40,43). The van der Waals surface area contributed by atoms with Gasteiger partial charge in [0.25, 0.3) is 5.91 Å². The van der Waals surface area contributed by atoms with E-state index in [1.165, 1.54) is 0 Å². The Hall–Kier alpha value is -3.86. The predicted molar refractivity (Wildman–Crippen MR) is 161 cm³/mol. The quantitative estimate of drug-likeness (QED) is 0.127. The summed E-state index contributed by atoms with van der Waals surface area (Å²) in [6, 6.07) is 17.0. The van der Waals surface area contributed by atoms with Gasteiger partial charge in [0.05, 0.1) is 22.3 Å². The molecular formula is C33H30BrF5N2O3. The van der Waals surface area contributed by atoms with E-state index in [1.807, 2.05) is 30.3 Å². The number of hydrogen-bond acceptors (Lipinski definition) is 4. The van der Waals surface area contributed by atoms with Crippen LogP contribution in [0.5, 0.6) is 0 Å². The van der Waals surface area contributed by atoms with Crippen molar-refractivity contribution in [2.24, 2.45) is 0 Å². The molecule has 4 rings (SSSR count). The number of aromatic nitrogens is 1. The number of alkyl halides is 4. The molecule has 5 nitrogen and oxygen atoms in total. The summed E-state index contributed by atoms with van der Waals surface area (Å²) in [6.07, 6.45) is -7.20. The highest BCUT2D eigenvalue weighted by atomic mass is 79.9. The number of fused-ring (bicyclic) bond motifs is 1. The lowest BCUT2D eigenvalue weighted by Gasteiger charge is -2.23. The molecular weight excluding hydrogens is 647 g/mol. The van der Waals surface area contributed by atoms with Gasteiger partial charge < -0.3 is 10.1 Å². The second-order valence-electron chi connectivity index (χ2n) is 10.3. The van der Waals surface area contributed by atoms with E-state index in [-0.39, 0.29) is 18.4 Å². The Kier molecular flexibility index (Phi) is 10.7. The summed E-state index contributed by atoms with van der Waals surface area (Å²) >= 11 is 3.41. The summed E-state index contributed by atoms with van der Waals surface area (Å²) in [5.74, 6) is -4.01. The molecule has 0 saturated heterocycles. The van der Waals surface area contributed by atoms with Crippen LogP contribution in [0.4, 0.5) is 22.0 Å². The fraction of sp³-hybridized carbons (Fsp3) is 0.303. The Morgan fingerprint density at radius 1 is 1.02 bits per heavy atom. The molecule has 1 heterocycles. The van der Waals surface area contributed by atoms with Gasteiger partial charge in [0.2, 0.25) is 6.36 Å². The Balaban J connectivity index is 1.71. The summed E-state index contributed by atoms with van der Waals surface area (Å²) in [6.45, 7) is 2.98. The Morgan fingerprint density at radius 3 is 2.43 bits per heavy atom. The third-order valence-electron chi connectivity index (χ3n) is 7.21. The number of rotatable bonds is 11. The van der Waals surface area contributed by atoms with Crippen LogP contribution in [-0.4, -0.2) is 29.8 Å². The molecule has 0 aliphatic carbocycles. The molecule has 0 fully saturated rings. The molecule has 232 valence electrons. The molecule has 2 unspecified atom stereocenters. The highest BCUT2D eigenvalue weighted by molar-refractivity contribution is 9.10. The van der Waals surface area contributed by atoms with Crippen molar-refractivity contribution in [3.8, 4) is 11.3 Å². The number of nitrogens with zero attached hydrogens (tertiary/aromatic N) is 1. The van der Waals surface area contributed by atoms with E-state index in [4.69, 9.17) is 9.72 Å². The summed E-state index contributed by atoms with van der Waals surface area (Å²) in [4.78, 5) is 30.9. The van der Waals surface area contributed by atoms with Crippen LogP contribution in [0.3, 0.4) is 0 Å². The largest absolute Gasteiger partial charge is 0.431 e. The first-order valence-electron chi connectivity index (χ1n) is 14.0. The first-order valence-corrected chi connectivity index (χ1v) is 14.8. The molecule has 3 aromatic carbocycles.